The third kappa shape index (κ3) is 4.06. The van der Waals surface area contributed by atoms with Crippen molar-refractivity contribution in [2.45, 2.75) is 25.8 Å². The van der Waals surface area contributed by atoms with Gasteiger partial charge in [-0.3, -0.25) is 9.69 Å². The molecule has 2 aromatic carbocycles. The fraction of sp³-hybridized carbons (Fsp3) is 0.222. The monoisotopic (exact) mass is 500 g/mol. The van der Waals surface area contributed by atoms with E-state index in [-0.39, 0.29) is 18.0 Å². The van der Waals surface area contributed by atoms with Crippen molar-refractivity contribution in [1.29, 1.82) is 0 Å². The molecule has 1 saturated heterocycles. The molecule has 0 bridgehead atoms. The van der Waals surface area contributed by atoms with Gasteiger partial charge in [0.1, 0.15) is 21.2 Å². The van der Waals surface area contributed by atoms with Crippen LogP contribution in [0.15, 0.2) is 60.8 Å². The predicted octanol–water partition coefficient (Wildman–Crippen LogP) is 5.99. The van der Waals surface area contributed by atoms with Gasteiger partial charge in [0, 0.05) is 12.8 Å². The number of benzene rings is 2. The van der Waals surface area contributed by atoms with Crippen LogP contribution in [0.5, 0.6) is 11.5 Å². The van der Waals surface area contributed by atoms with Gasteiger partial charge < -0.3 is 20.1 Å². The highest BCUT2D eigenvalue weighted by Crippen LogP contribution is 2.46. The third-order valence-electron chi connectivity index (χ3n) is 6.34. The number of nitrogens with zero attached hydrogens (tertiary/aromatic N) is 2. The summed E-state index contributed by atoms with van der Waals surface area (Å²) in [6.45, 7) is 3.16. The van der Waals surface area contributed by atoms with Gasteiger partial charge in [-0.15, -0.1) is 11.3 Å². The number of urea groups is 1. The van der Waals surface area contributed by atoms with Crippen LogP contribution in [0.2, 0.25) is 0 Å². The maximum atomic E-state index is 13.4. The molecule has 36 heavy (non-hydrogen) atoms. The maximum absolute atomic E-state index is 13.4. The van der Waals surface area contributed by atoms with Gasteiger partial charge in [0.2, 0.25) is 0 Å². The quantitative estimate of drug-likeness (QED) is 0.351. The molecule has 9 heteroatoms. The molecule has 2 N–H and O–H groups in total. The van der Waals surface area contributed by atoms with E-state index in [4.69, 9.17) is 9.47 Å². The summed E-state index contributed by atoms with van der Waals surface area (Å²) in [7, 11) is 0. The molecule has 6 rings (SSSR count). The molecule has 2 aliphatic heterocycles. The number of nitrogens with one attached hydrogen (secondary N) is 2. The number of pyridine rings is 1. The van der Waals surface area contributed by atoms with E-state index < -0.39 is 0 Å². The number of carbonyl (C=O) groups excluding carboxylic acids is 2. The van der Waals surface area contributed by atoms with E-state index in [0.717, 1.165) is 41.8 Å². The molecule has 0 saturated carbocycles. The Morgan fingerprint density at radius 1 is 1.17 bits per heavy atom. The zero-order valence-corrected chi connectivity index (χ0v) is 20.4. The molecule has 1 atom stereocenters. The van der Waals surface area contributed by atoms with E-state index >= 15 is 0 Å². The molecule has 182 valence electrons. The van der Waals surface area contributed by atoms with Gasteiger partial charge >= 0.3 is 6.03 Å². The Labute approximate surface area is 211 Å². The Hall–Kier alpha value is -3.95. The van der Waals surface area contributed by atoms with Gasteiger partial charge in [-0.05, 0) is 61.7 Å². The van der Waals surface area contributed by atoms with Crippen LogP contribution in [-0.2, 0) is 4.74 Å². The Balaban J connectivity index is 1.34. The molecule has 0 radical (unpaired) electrons. The lowest BCUT2D eigenvalue weighted by Crippen LogP contribution is -2.41. The van der Waals surface area contributed by atoms with Crippen LogP contribution in [0, 0.1) is 6.92 Å². The Morgan fingerprint density at radius 2 is 2.03 bits per heavy atom. The summed E-state index contributed by atoms with van der Waals surface area (Å²) in [5, 5.41) is 6.76. The van der Waals surface area contributed by atoms with Crippen LogP contribution in [0.4, 0.5) is 21.9 Å². The molecule has 4 heterocycles. The summed E-state index contributed by atoms with van der Waals surface area (Å²) in [6.07, 6.45) is 3.46. The number of aryl methyl sites for hydroxylation is 1. The van der Waals surface area contributed by atoms with E-state index in [1.54, 1.807) is 11.1 Å². The van der Waals surface area contributed by atoms with Crippen molar-refractivity contribution >= 4 is 50.6 Å². The summed E-state index contributed by atoms with van der Waals surface area (Å²) in [5.41, 5.74) is 2.80. The number of aromatic nitrogens is 1. The minimum absolute atomic E-state index is 0.0360. The van der Waals surface area contributed by atoms with Crippen molar-refractivity contribution in [3.8, 4) is 11.5 Å². The number of rotatable bonds is 5. The Morgan fingerprint density at radius 3 is 2.81 bits per heavy atom. The minimum Gasteiger partial charge on any atom is -0.457 e. The van der Waals surface area contributed by atoms with Crippen LogP contribution in [0.3, 0.4) is 0 Å². The molecule has 3 amide bonds. The molecule has 0 unspecified atom stereocenters. The highest BCUT2D eigenvalue weighted by atomic mass is 32.1. The standard InChI is InChI=1S/C27H24N4O4S/c1-16-14-19(35-18-7-3-2-4-8-18)9-10-20(16)31-21-11-12-28-26-22(21)23(30-27(31)33)24(36-26)25(32)29-17-6-5-13-34-15-17/h2-4,7-12,14,17H,5-6,13,15H2,1H3,(H,29,32)(H,30,33)/t17-/m0/s1. The molecule has 2 aromatic heterocycles. The highest BCUT2D eigenvalue weighted by Gasteiger charge is 2.33. The molecule has 8 nitrogen and oxygen atoms in total. The number of carbonyl (C=O) groups is 2. The van der Waals surface area contributed by atoms with Gasteiger partial charge in [0.15, 0.2) is 0 Å². The summed E-state index contributed by atoms with van der Waals surface area (Å²) in [6, 6.07) is 16.6. The number of para-hydroxylation sites is 1. The van der Waals surface area contributed by atoms with Crippen molar-refractivity contribution in [2.75, 3.05) is 23.4 Å². The maximum Gasteiger partial charge on any atom is 0.331 e. The average molecular weight is 501 g/mol. The molecule has 0 aliphatic carbocycles. The topological polar surface area (TPSA) is 92.8 Å². The Bertz CT molecular complexity index is 1460. The lowest BCUT2D eigenvalue weighted by Gasteiger charge is -2.29. The van der Waals surface area contributed by atoms with Gasteiger partial charge in [0.05, 0.1) is 35.1 Å². The number of anilines is 3. The second kappa shape index (κ2) is 9.25. The van der Waals surface area contributed by atoms with E-state index in [9.17, 15) is 9.59 Å². The molecule has 2 aliphatic rings. The summed E-state index contributed by atoms with van der Waals surface area (Å²) in [4.78, 5) is 33.8. The lowest BCUT2D eigenvalue weighted by molar-refractivity contribution is 0.0626. The fourth-order valence-corrected chi connectivity index (χ4v) is 5.68. The first-order valence-corrected chi connectivity index (χ1v) is 12.6. The molecular weight excluding hydrogens is 476 g/mol. The zero-order chi connectivity index (χ0) is 24.6. The fourth-order valence-electron chi connectivity index (χ4n) is 4.66. The van der Waals surface area contributed by atoms with Crippen molar-refractivity contribution in [1.82, 2.24) is 10.3 Å². The number of ether oxygens (including phenoxy) is 2. The lowest BCUT2D eigenvalue weighted by atomic mass is 10.1. The highest BCUT2D eigenvalue weighted by molar-refractivity contribution is 7.21. The number of hydrogen-bond donors (Lipinski definition) is 2. The molecular formula is C27H24N4O4S. The summed E-state index contributed by atoms with van der Waals surface area (Å²) in [5.74, 6) is 1.20. The van der Waals surface area contributed by atoms with E-state index in [2.05, 4.69) is 15.6 Å². The van der Waals surface area contributed by atoms with Gasteiger partial charge in [-0.2, -0.15) is 0 Å². The van der Waals surface area contributed by atoms with Crippen molar-refractivity contribution in [3.63, 3.8) is 0 Å². The zero-order valence-electron chi connectivity index (χ0n) is 19.6. The smallest absolute Gasteiger partial charge is 0.331 e. The third-order valence-corrected chi connectivity index (χ3v) is 7.43. The molecule has 4 aromatic rings. The number of amides is 3. The predicted molar refractivity (Wildman–Crippen MR) is 140 cm³/mol. The van der Waals surface area contributed by atoms with E-state index in [0.29, 0.717) is 33.4 Å². The number of thiophene rings is 1. The largest absolute Gasteiger partial charge is 0.457 e. The first-order valence-electron chi connectivity index (χ1n) is 11.8. The second-order valence-corrected chi connectivity index (χ2v) is 9.83. The normalized spacial score (nSPS) is 17.1. The average Bonchev–Trinajstić information content (AvgIpc) is 3.26. The van der Waals surface area contributed by atoms with Crippen LogP contribution in [-0.4, -0.2) is 36.2 Å². The first kappa shape index (κ1) is 22.5. The minimum atomic E-state index is -0.330. The number of hydrogen-bond acceptors (Lipinski definition) is 6. The second-order valence-electron chi connectivity index (χ2n) is 8.83. The van der Waals surface area contributed by atoms with Crippen molar-refractivity contribution in [3.05, 3.63) is 71.2 Å². The SMILES string of the molecule is Cc1cc(Oc2ccccc2)ccc1N1C(=O)Nc2c(C(=O)N[C@H]3CCCOC3)sc3nccc1c23. The van der Waals surface area contributed by atoms with Gasteiger partial charge in [-0.1, -0.05) is 18.2 Å². The van der Waals surface area contributed by atoms with Crippen molar-refractivity contribution in [2.24, 2.45) is 0 Å². The molecule has 1 fully saturated rings. The van der Waals surface area contributed by atoms with Crippen molar-refractivity contribution < 1.29 is 19.1 Å². The van der Waals surface area contributed by atoms with E-state index in [1.807, 2.05) is 61.5 Å². The van der Waals surface area contributed by atoms with Crippen LogP contribution in [0.1, 0.15) is 28.1 Å². The Kier molecular flexibility index (Phi) is 5.79. The van der Waals surface area contributed by atoms with E-state index in [1.165, 1.54) is 11.3 Å². The van der Waals surface area contributed by atoms with Gasteiger partial charge in [-0.25, -0.2) is 9.78 Å². The van der Waals surface area contributed by atoms with Crippen LogP contribution >= 0.6 is 11.3 Å². The van der Waals surface area contributed by atoms with Gasteiger partial charge in [0.25, 0.3) is 5.91 Å². The van der Waals surface area contributed by atoms with Crippen LogP contribution < -0.4 is 20.3 Å². The van der Waals surface area contributed by atoms with Crippen LogP contribution in [0.25, 0.3) is 10.2 Å². The molecule has 0 spiro atoms. The summed E-state index contributed by atoms with van der Waals surface area (Å²) >= 11 is 1.28. The first-order chi connectivity index (χ1) is 17.6. The summed E-state index contributed by atoms with van der Waals surface area (Å²) < 4.78 is 11.4.